The predicted molar refractivity (Wildman–Crippen MR) is 111 cm³/mol. The molecule has 0 radical (unpaired) electrons. The van der Waals surface area contributed by atoms with Crippen LogP contribution in [0.4, 0.5) is 5.95 Å². The van der Waals surface area contributed by atoms with Gasteiger partial charge in [0, 0.05) is 45.1 Å². The molecule has 2 heterocycles. The molecule has 3 rings (SSSR count). The summed E-state index contributed by atoms with van der Waals surface area (Å²) in [6.45, 7) is 7.07. The molecule has 1 N–H and O–H groups in total. The van der Waals surface area contributed by atoms with Crippen molar-refractivity contribution in [1.29, 1.82) is 0 Å². The number of guanidine groups is 1. The molecule has 0 unspecified atom stereocenters. The Balaban J connectivity index is 1.63. The molecule has 0 bridgehead atoms. The molecule has 0 atom stereocenters. The zero-order valence-electron chi connectivity index (χ0n) is 15.7. The van der Waals surface area contributed by atoms with E-state index in [9.17, 15) is 0 Å². The Morgan fingerprint density at radius 1 is 1.22 bits per heavy atom. The summed E-state index contributed by atoms with van der Waals surface area (Å²) in [7, 11) is 1.67. The number of rotatable bonds is 5. The minimum absolute atomic E-state index is 0.618. The Labute approximate surface area is 168 Å². The first-order valence-corrected chi connectivity index (χ1v) is 9.88. The van der Waals surface area contributed by atoms with Gasteiger partial charge < -0.3 is 19.9 Å². The van der Waals surface area contributed by atoms with E-state index in [-0.39, 0.29) is 0 Å². The maximum atomic E-state index is 5.29. The monoisotopic (exact) mass is 432 g/mol. The second kappa shape index (κ2) is 9.55. The summed E-state index contributed by atoms with van der Waals surface area (Å²) in [6, 6.07) is 7.89. The van der Waals surface area contributed by atoms with Crippen molar-refractivity contribution in [2.75, 3.05) is 44.7 Å². The maximum absolute atomic E-state index is 5.29. The highest BCUT2D eigenvalue weighted by atomic mass is 79.9. The zero-order chi connectivity index (χ0) is 19.1. The molecule has 2 aromatic rings. The fourth-order valence-corrected chi connectivity index (χ4v) is 3.56. The van der Waals surface area contributed by atoms with E-state index in [4.69, 9.17) is 9.73 Å². The van der Waals surface area contributed by atoms with Gasteiger partial charge in [-0.1, -0.05) is 6.07 Å². The summed E-state index contributed by atoms with van der Waals surface area (Å²) in [6.07, 6.45) is 3.57. The van der Waals surface area contributed by atoms with Crippen LogP contribution in [0.25, 0.3) is 0 Å². The molecule has 0 saturated carbocycles. The third-order valence-corrected chi connectivity index (χ3v) is 5.00. The van der Waals surface area contributed by atoms with Crippen molar-refractivity contribution in [2.45, 2.75) is 13.5 Å². The van der Waals surface area contributed by atoms with Crippen LogP contribution in [0.15, 0.2) is 46.1 Å². The van der Waals surface area contributed by atoms with Crippen LogP contribution in [0.2, 0.25) is 0 Å². The maximum Gasteiger partial charge on any atom is 0.225 e. The Morgan fingerprint density at radius 3 is 2.59 bits per heavy atom. The number of hydrogen-bond donors (Lipinski definition) is 1. The van der Waals surface area contributed by atoms with Gasteiger partial charge in [0.2, 0.25) is 5.95 Å². The van der Waals surface area contributed by atoms with Crippen LogP contribution in [0.5, 0.6) is 5.75 Å². The molecule has 1 aromatic heterocycles. The highest BCUT2D eigenvalue weighted by Gasteiger charge is 2.21. The van der Waals surface area contributed by atoms with Gasteiger partial charge in [0.15, 0.2) is 5.96 Å². The summed E-state index contributed by atoms with van der Waals surface area (Å²) in [5.41, 5.74) is 1.13. The third-order valence-electron chi connectivity index (χ3n) is 4.38. The molecule has 8 heteroatoms. The molecule has 1 saturated heterocycles. The number of nitrogens with one attached hydrogen (secondary N) is 1. The van der Waals surface area contributed by atoms with Gasteiger partial charge >= 0.3 is 0 Å². The second-order valence-corrected chi connectivity index (χ2v) is 7.02. The fourth-order valence-electron chi connectivity index (χ4n) is 2.97. The Kier molecular flexibility index (Phi) is 6.86. The molecule has 1 aliphatic rings. The van der Waals surface area contributed by atoms with Crippen LogP contribution < -0.4 is 15.0 Å². The predicted octanol–water partition coefficient (Wildman–Crippen LogP) is 2.54. The van der Waals surface area contributed by atoms with E-state index in [1.54, 1.807) is 19.5 Å². The van der Waals surface area contributed by atoms with E-state index in [2.05, 4.69) is 54.0 Å². The van der Waals surface area contributed by atoms with Gasteiger partial charge in [-0.05, 0) is 46.6 Å². The van der Waals surface area contributed by atoms with Crippen molar-refractivity contribution in [3.05, 3.63) is 46.7 Å². The first-order valence-electron chi connectivity index (χ1n) is 9.09. The highest BCUT2D eigenvalue weighted by Crippen LogP contribution is 2.25. The number of halogens is 1. The average molecular weight is 433 g/mol. The van der Waals surface area contributed by atoms with Gasteiger partial charge in [-0.3, -0.25) is 0 Å². The quantitative estimate of drug-likeness (QED) is 0.578. The molecule has 7 nitrogen and oxygen atoms in total. The lowest BCUT2D eigenvalue weighted by Gasteiger charge is -2.36. The van der Waals surface area contributed by atoms with E-state index in [0.29, 0.717) is 6.54 Å². The van der Waals surface area contributed by atoms with Gasteiger partial charge in [0.1, 0.15) is 5.75 Å². The largest absolute Gasteiger partial charge is 0.496 e. The van der Waals surface area contributed by atoms with E-state index in [1.807, 2.05) is 18.2 Å². The molecular weight excluding hydrogens is 408 g/mol. The molecule has 1 aromatic carbocycles. The lowest BCUT2D eigenvalue weighted by Crippen LogP contribution is -2.52. The first-order chi connectivity index (χ1) is 13.2. The minimum atomic E-state index is 0.618. The van der Waals surface area contributed by atoms with Gasteiger partial charge in [0.05, 0.1) is 18.1 Å². The van der Waals surface area contributed by atoms with Gasteiger partial charge in [-0.15, -0.1) is 0 Å². The normalized spacial score (nSPS) is 15.0. The topological polar surface area (TPSA) is 65.9 Å². The standard InChI is InChI=1S/C19H25BrN6O/c1-3-21-18(24-14-15-5-6-17(27-2)16(20)13-15)25-9-11-26(12-10-25)19-22-7-4-8-23-19/h4-8,13H,3,9-12,14H2,1-2H3,(H,21,24). The van der Waals surface area contributed by atoms with E-state index in [1.165, 1.54) is 0 Å². The van der Waals surface area contributed by atoms with Crippen LogP contribution >= 0.6 is 15.9 Å². The Hall–Kier alpha value is -2.35. The summed E-state index contributed by atoms with van der Waals surface area (Å²) >= 11 is 3.53. The smallest absolute Gasteiger partial charge is 0.225 e. The number of benzene rings is 1. The molecule has 144 valence electrons. The van der Waals surface area contributed by atoms with Crippen LogP contribution in [0, 0.1) is 0 Å². The number of anilines is 1. The van der Waals surface area contributed by atoms with Crippen molar-refractivity contribution >= 4 is 27.8 Å². The zero-order valence-corrected chi connectivity index (χ0v) is 17.3. The molecule has 27 heavy (non-hydrogen) atoms. The van der Waals surface area contributed by atoms with Crippen molar-refractivity contribution in [1.82, 2.24) is 20.2 Å². The Bertz CT molecular complexity index is 762. The summed E-state index contributed by atoms with van der Waals surface area (Å²) in [5.74, 6) is 2.56. The van der Waals surface area contributed by atoms with E-state index < -0.39 is 0 Å². The molecule has 0 aliphatic carbocycles. The number of nitrogens with zero attached hydrogens (tertiary/aromatic N) is 5. The Morgan fingerprint density at radius 2 is 1.96 bits per heavy atom. The molecule has 0 spiro atoms. The van der Waals surface area contributed by atoms with Crippen molar-refractivity contribution in [2.24, 2.45) is 4.99 Å². The lowest BCUT2D eigenvalue weighted by molar-refractivity contribution is 0.370. The van der Waals surface area contributed by atoms with Crippen LogP contribution in [-0.2, 0) is 6.54 Å². The molecular formula is C19H25BrN6O. The van der Waals surface area contributed by atoms with Gasteiger partial charge in [-0.2, -0.15) is 0 Å². The number of aromatic nitrogens is 2. The van der Waals surface area contributed by atoms with Crippen LogP contribution in [-0.4, -0.2) is 60.7 Å². The van der Waals surface area contributed by atoms with Gasteiger partial charge in [0.25, 0.3) is 0 Å². The van der Waals surface area contributed by atoms with E-state index in [0.717, 1.165) is 60.4 Å². The number of hydrogen-bond acceptors (Lipinski definition) is 5. The summed E-state index contributed by atoms with van der Waals surface area (Å²) in [5, 5.41) is 3.40. The van der Waals surface area contributed by atoms with Crippen LogP contribution in [0.1, 0.15) is 12.5 Å². The number of piperazine rings is 1. The number of aliphatic imine (C=N–C) groups is 1. The second-order valence-electron chi connectivity index (χ2n) is 6.16. The van der Waals surface area contributed by atoms with Gasteiger partial charge in [-0.25, -0.2) is 15.0 Å². The number of ether oxygens (including phenoxy) is 1. The molecule has 1 fully saturated rings. The third kappa shape index (κ3) is 5.09. The molecule has 0 amide bonds. The first kappa shape index (κ1) is 19.4. The number of methoxy groups -OCH3 is 1. The summed E-state index contributed by atoms with van der Waals surface area (Å²) < 4.78 is 6.23. The minimum Gasteiger partial charge on any atom is -0.496 e. The lowest BCUT2D eigenvalue weighted by atomic mass is 10.2. The summed E-state index contributed by atoms with van der Waals surface area (Å²) in [4.78, 5) is 18.0. The fraction of sp³-hybridized carbons (Fsp3) is 0.421. The van der Waals surface area contributed by atoms with Crippen molar-refractivity contribution < 1.29 is 4.74 Å². The van der Waals surface area contributed by atoms with Crippen molar-refractivity contribution in [3.63, 3.8) is 0 Å². The highest BCUT2D eigenvalue weighted by molar-refractivity contribution is 9.10. The average Bonchev–Trinajstić information content (AvgIpc) is 2.72. The van der Waals surface area contributed by atoms with Crippen molar-refractivity contribution in [3.8, 4) is 5.75 Å². The van der Waals surface area contributed by atoms with Crippen LogP contribution in [0.3, 0.4) is 0 Å². The van der Waals surface area contributed by atoms with E-state index >= 15 is 0 Å². The SMILES string of the molecule is CCNC(=NCc1ccc(OC)c(Br)c1)N1CCN(c2ncccn2)CC1. The molecule has 1 aliphatic heterocycles.